The van der Waals surface area contributed by atoms with Crippen molar-refractivity contribution >= 4 is 130 Å². The Bertz CT molecular complexity index is 4570. The number of rotatable bonds is 20. The van der Waals surface area contributed by atoms with Gasteiger partial charge >= 0.3 is 0 Å². The number of hydrogen-bond donors (Lipinski definition) is 7. The van der Waals surface area contributed by atoms with Gasteiger partial charge in [-0.05, 0) is 176 Å². The summed E-state index contributed by atoms with van der Waals surface area (Å²) in [5, 5.41) is 59.5. The van der Waals surface area contributed by atoms with Gasteiger partial charge in [-0.2, -0.15) is 33.6 Å². The molecule has 2 aliphatic heterocycles. The number of nitrogens with zero attached hydrogens (tertiary/aromatic N) is 12. The summed E-state index contributed by atoms with van der Waals surface area (Å²) in [6, 6.07) is 24.4. The smallest absolute Gasteiger partial charge is 0.294 e. The summed E-state index contributed by atoms with van der Waals surface area (Å²) in [5.74, 6) is 3.88. The molecule has 35 heteroatoms. The zero-order valence-corrected chi connectivity index (χ0v) is 65.6. The van der Waals surface area contributed by atoms with Crippen LogP contribution in [0.1, 0.15) is 49.3 Å². The van der Waals surface area contributed by atoms with Crippen molar-refractivity contribution in [1.82, 2.24) is 44.6 Å². The molecule has 4 aromatic heterocycles. The molecule has 0 atom stereocenters. The molecule has 0 aliphatic carbocycles. The molecule has 554 valence electrons. The van der Waals surface area contributed by atoms with Crippen molar-refractivity contribution in [3.05, 3.63) is 163 Å². The number of nitro groups is 1. The number of piperidine rings is 1. The van der Waals surface area contributed by atoms with Gasteiger partial charge in [0, 0.05) is 86.2 Å². The van der Waals surface area contributed by atoms with Crippen LogP contribution >= 0.6 is 57.7 Å². The molecule has 103 heavy (non-hydrogen) atoms. The monoisotopic (exact) mass is 1620 g/mol. The van der Waals surface area contributed by atoms with Gasteiger partial charge in [0.05, 0.1) is 118 Å². The number of piperazine rings is 1. The summed E-state index contributed by atoms with van der Waals surface area (Å²) in [4.78, 5) is 32.0. The van der Waals surface area contributed by atoms with Crippen LogP contribution in [0, 0.1) is 30.9 Å². The number of aliphatic hydroxyl groups is 2. The lowest BCUT2D eigenvalue weighted by Crippen LogP contribution is -2.44. The number of ether oxygens (including phenoxy) is 4. The van der Waals surface area contributed by atoms with Crippen LogP contribution in [0.25, 0.3) is 11.4 Å². The number of hydroxylamine groups is 2. The molecule has 0 bridgehead atoms. The number of nitro benzene ring substituents is 1. The van der Waals surface area contributed by atoms with Gasteiger partial charge in [0.25, 0.3) is 15.8 Å². The first-order chi connectivity index (χ1) is 48.8. The van der Waals surface area contributed by atoms with E-state index < -0.39 is 29.3 Å². The lowest BCUT2D eigenvalue weighted by Gasteiger charge is -2.34. The van der Waals surface area contributed by atoms with Crippen LogP contribution in [0.15, 0.2) is 136 Å². The molecule has 29 nitrogen and oxygen atoms in total. The summed E-state index contributed by atoms with van der Waals surface area (Å²) < 4.78 is 81.8. The molecule has 0 amide bonds. The fourth-order valence-electron chi connectivity index (χ4n) is 10.3. The minimum Gasteiger partial charge on any atom is -0.495 e. The zero-order chi connectivity index (χ0) is 75.5. The minimum absolute atomic E-state index is 0.0666. The van der Waals surface area contributed by atoms with E-state index in [2.05, 4.69) is 95.7 Å². The van der Waals surface area contributed by atoms with Crippen LogP contribution in [0.2, 0.25) is 5.28 Å². The Morgan fingerprint density at radius 3 is 1.58 bits per heavy atom. The van der Waals surface area contributed by atoms with E-state index in [1.807, 2.05) is 56.3 Å². The number of anilines is 8. The average Bonchev–Trinajstić information content (AvgIpc) is 1.63. The molecule has 2 fully saturated rings. The van der Waals surface area contributed by atoms with E-state index in [1.165, 1.54) is 30.4 Å². The molecule has 2 aliphatic rings. The number of methoxy groups -OCH3 is 4. The topological polar surface area (TPSA) is 362 Å². The summed E-state index contributed by atoms with van der Waals surface area (Å²) in [5.41, 5.74) is 8.15. The summed E-state index contributed by atoms with van der Waals surface area (Å²) in [7, 11) is -2.99. The number of aliphatic hydroxyl groups excluding tert-OH is 2. The molecular weight excluding hydrogens is 1540 g/mol. The maximum Gasteiger partial charge on any atom is 0.294 e. The van der Waals surface area contributed by atoms with E-state index in [-0.39, 0.29) is 22.0 Å². The molecule has 0 spiro atoms. The first-order valence-electron chi connectivity index (χ1n) is 32.1. The van der Waals surface area contributed by atoms with Crippen molar-refractivity contribution in [3.8, 4) is 34.4 Å². The van der Waals surface area contributed by atoms with Gasteiger partial charge in [-0.25, -0.2) is 19.3 Å². The summed E-state index contributed by atoms with van der Waals surface area (Å²) in [6.07, 6.45) is 13.2. The Kier molecular flexibility index (Phi) is 29.8. The second-order valence-corrected chi connectivity index (χ2v) is 34.1. The van der Waals surface area contributed by atoms with E-state index in [9.17, 15) is 38.0 Å². The van der Waals surface area contributed by atoms with Crippen molar-refractivity contribution < 1.29 is 61.4 Å². The molecular formula is C68H86Br2ClN15O14P2S. The highest BCUT2D eigenvalue weighted by Crippen LogP contribution is 2.43. The maximum atomic E-state index is 13.3. The van der Waals surface area contributed by atoms with Crippen molar-refractivity contribution in [2.45, 2.75) is 64.4 Å². The van der Waals surface area contributed by atoms with Gasteiger partial charge in [0.2, 0.25) is 11.2 Å². The zero-order valence-electron chi connectivity index (χ0n) is 59.1. The van der Waals surface area contributed by atoms with Gasteiger partial charge in [-0.3, -0.25) is 14.7 Å². The maximum absolute atomic E-state index is 13.3. The Morgan fingerprint density at radius 2 is 1.14 bits per heavy atom. The van der Waals surface area contributed by atoms with Gasteiger partial charge in [-0.1, -0.05) is 31.0 Å². The van der Waals surface area contributed by atoms with E-state index >= 15 is 0 Å². The highest BCUT2D eigenvalue weighted by Gasteiger charge is 2.26. The van der Waals surface area contributed by atoms with Crippen LogP contribution < -0.4 is 55.3 Å². The fraction of sp³-hybridized carbons (Fsp3) is 0.353. The van der Waals surface area contributed by atoms with E-state index in [1.54, 1.807) is 120 Å². The second-order valence-electron chi connectivity index (χ2n) is 24.3. The van der Waals surface area contributed by atoms with Gasteiger partial charge in [0.15, 0.2) is 11.5 Å². The first kappa shape index (κ1) is 82.0. The molecule has 7 N–H and O–H groups in total. The van der Waals surface area contributed by atoms with Crippen LogP contribution in [0.4, 0.5) is 51.7 Å². The molecule has 2 saturated heterocycles. The average molecular weight is 1630 g/mol. The summed E-state index contributed by atoms with van der Waals surface area (Å²) >= 11 is 12.8. The number of nitrogens with one attached hydrogen (secondary N) is 3. The van der Waals surface area contributed by atoms with Crippen molar-refractivity contribution in [2.75, 3.05) is 127 Å². The molecule has 0 radical (unpaired) electrons. The van der Waals surface area contributed by atoms with E-state index in [0.717, 1.165) is 65.5 Å². The fourth-order valence-corrected chi connectivity index (χ4v) is 13.8. The molecule has 6 heterocycles. The Labute approximate surface area is 620 Å². The predicted octanol–water partition coefficient (Wildman–Crippen LogP) is 13.0. The lowest BCUT2D eigenvalue weighted by atomic mass is 10.1. The van der Waals surface area contributed by atoms with E-state index in [4.69, 9.17) is 45.2 Å². The number of aromatic nitrogens is 8. The standard InChI is InChI=1S/C28H34BrN8O4P.C16H16BrClN5O2P.C13H18N2O4.C7H8O3S.C4H10O/c1-18-12-24(35-8-10-36(38)11-9-35)25(41-3)14-23(18)33-28-30-16-21(29)27(34-28)32-22-7-6-19(13-26(22)42(4,5)39)37-17-20(40-2)15-31-37;1-25-11-7-20-23(9-11)10-4-5-13(14(6-10)26(2,3)24)21-15-12(17)8-19-16(18)22-15;1-9-7-12(14-5-3-10(16)4-6-14)13(19-2)8-11(9)15(17)18;1-6-2-4-7(5-3-6)11(8,9)10;1-2-3-4-5/h6-7,12-17,38H,8-11H2,1-5H3,(H2,30,32,33,34);4-9H,1-3H3,(H,19,21,22);7-8,10,16H,3-6H2,1-2H3;2-5H,1H3,(H,8,9,10);5H,2-4H2,1H3. The van der Waals surface area contributed by atoms with Crippen LogP contribution in [0.3, 0.4) is 0 Å². The van der Waals surface area contributed by atoms with Crippen LogP contribution in [0.5, 0.6) is 23.0 Å². The number of halogens is 3. The number of benzene rings is 5. The third-order valence-corrected chi connectivity index (χ3v) is 21.2. The van der Waals surface area contributed by atoms with Crippen molar-refractivity contribution in [3.63, 3.8) is 0 Å². The van der Waals surface area contributed by atoms with Crippen LogP contribution in [-0.2, 0) is 19.2 Å². The molecule has 0 unspecified atom stereocenters. The SMILES string of the molecule is CCCCO.COc1cc([N+](=O)[O-])c(C)cc1N1CCC(O)CC1.COc1cnn(-c2ccc(Nc3nc(Cl)ncc3Br)c(P(C)(C)=O)c2)c1.COc1cnn(-c2ccc(Nc3nc(Nc4cc(OC)c(N5CCN(O)CC5)cc4C)ncc3Br)c(P(C)(C)=O)c2)c1.Cc1ccc(S(=O)(=O)O)cc1. The van der Waals surface area contributed by atoms with Gasteiger partial charge < -0.3 is 69.2 Å². The van der Waals surface area contributed by atoms with Crippen molar-refractivity contribution in [2.24, 2.45) is 0 Å². The summed E-state index contributed by atoms with van der Waals surface area (Å²) in [6.45, 7) is 18.8. The normalized spacial score (nSPS) is 13.3. The molecule has 0 saturated carbocycles. The van der Waals surface area contributed by atoms with Crippen LogP contribution in [-0.4, -0.2) is 185 Å². The highest BCUT2D eigenvalue weighted by molar-refractivity contribution is 9.11. The lowest BCUT2D eigenvalue weighted by molar-refractivity contribution is -0.385. The van der Waals surface area contributed by atoms with Gasteiger partial charge in [0.1, 0.15) is 37.4 Å². The quantitative estimate of drug-likeness (QED) is 0.0122. The molecule has 11 rings (SSSR count). The first-order valence-corrected chi connectivity index (χ1v) is 40.8. The third kappa shape index (κ3) is 23.4. The molecule has 5 aromatic carbocycles. The predicted molar refractivity (Wildman–Crippen MR) is 411 cm³/mol. The second kappa shape index (κ2) is 37.4. The minimum atomic E-state index is -4.02. The number of aryl methyl sites for hydroxylation is 3. The number of unbranched alkanes of at least 4 members (excludes halogenated alkanes) is 1. The largest absolute Gasteiger partial charge is 0.495 e. The number of hydrogen-bond acceptors (Lipinski definition) is 25. The van der Waals surface area contributed by atoms with Gasteiger partial charge in [-0.15, -0.1) is 0 Å². The Hall–Kier alpha value is -8.26. The highest BCUT2D eigenvalue weighted by atomic mass is 79.9. The van der Waals surface area contributed by atoms with Crippen molar-refractivity contribution in [1.29, 1.82) is 0 Å². The molecule has 9 aromatic rings. The van der Waals surface area contributed by atoms with E-state index in [0.29, 0.717) is 123 Å². The Morgan fingerprint density at radius 1 is 0.650 bits per heavy atom. The third-order valence-electron chi connectivity index (χ3n) is 15.9. The Balaban J connectivity index is 0.000000207.